The summed E-state index contributed by atoms with van der Waals surface area (Å²) in [6.07, 6.45) is 42.0. The summed E-state index contributed by atoms with van der Waals surface area (Å²) in [4.78, 5) is 34.8. The van der Waals surface area contributed by atoms with E-state index in [9.17, 15) is 24.2 Å². The van der Waals surface area contributed by atoms with E-state index in [-0.39, 0.29) is 38.7 Å². The first-order valence-corrected chi connectivity index (χ1v) is 22.3. The molecule has 0 aromatic heterocycles. The van der Waals surface area contributed by atoms with E-state index in [2.05, 4.69) is 55.5 Å². The monoisotopic (exact) mass is 782 g/mol. The number of rotatable bonds is 38. The maximum Gasteiger partial charge on any atom is 0.472 e. The number of allylic oxidation sites excluding steroid dienone is 10. The molecular weight excluding hydrogens is 705 g/mol. The third-order valence-electron chi connectivity index (χ3n) is 8.54. The number of hydrogen-bond acceptors (Lipinski definition) is 9. The van der Waals surface area contributed by atoms with E-state index >= 15 is 0 Å². The van der Waals surface area contributed by atoms with Gasteiger partial charge >= 0.3 is 19.8 Å². The van der Waals surface area contributed by atoms with Gasteiger partial charge in [-0.1, -0.05) is 126 Å². The van der Waals surface area contributed by atoms with Crippen molar-refractivity contribution in [2.75, 3.05) is 26.4 Å². The van der Waals surface area contributed by atoms with Gasteiger partial charge in [-0.25, -0.2) is 4.57 Å². The molecule has 0 amide bonds. The van der Waals surface area contributed by atoms with Crippen LogP contribution in [0.15, 0.2) is 60.8 Å². The number of phosphoric ester groups is 1. The first-order chi connectivity index (χ1) is 26.2. The molecule has 0 aliphatic rings. The summed E-state index contributed by atoms with van der Waals surface area (Å²) in [6, 6.07) is 0. The average Bonchev–Trinajstić information content (AvgIpc) is 3.16. The Morgan fingerprint density at radius 3 is 1.72 bits per heavy atom. The highest BCUT2D eigenvalue weighted by Crippen LogP contribution is 2.43. The van der Waals surface area contributed by atoms with Gasteiger partial charge in [0.25, 0.3) is 0 Å². The Morgan fingerprint density at radius 2 is 1.13 bits per heavy atom. The third kappa shape index (κ3) is 38.0. The van der Waals surface area contributed by atoms with Crippen molar-refractivity contribution in [1.82, 2.24) is 0 Å². The zero-order valence-corrected chi connectivity index (χ0v) is 34.7. The molecule has 10 nitrogen and oxygen atoms in total. The highest BCUT2D eigenvalue weighted by atomic mass is 31.2. The second-order valence-electron chi connectivity index (χ2n) is 13.6. The van der Waals surface area contributed by atoms with Gasteiger partial charge in [0.2, 0.25) is 0 Å². The van der Waals surface area contributed by atoms with Crippen molar-refractivity contribution >= 4 is 19.8 Å². The predicted molar refractivity (Wildman–Crippen MR) is 221 cm³/mol. The van der Waals surface area contributed by atoms with Crippen molar-refractivity contribution in [2.45, 2.75) is 174 Å². The summed E-state index contributed by atoms with van der Waals surface area (Å²) >= 11 is 0. The van der Waals surface area contributed by atoms with Gasteiger partial charge in [0.1, 0.15) is 6.61 Å². The normalized spacial score (nSPS) is 14.5. The summed E-state index contributed by atoms with van der Waals surface area (Å²) < 4.78 is 32.6. The molecule has 54 heavy (non-hydrogen) atoms. The molecule has 0 heterocycles. The number of carbonyl (C=O) groups excluding carboxylic acids is 2. The quantitative estimate of drug-likeness (QED) is 0.0239. The van der Waals surface area contributed by atoms with Crippen LogP contribution < -0.4 is 5.73 Å². The Labute approximate surface area is 328 Å². The van der Waals surface area contributed by atoms with Crippen molar-refractivity contribution in [3.05, 3.63) is 60.8 Å². The van der Waals surface area contributed by atoms with E-state index in [1.807, 2.05) is 19.1 Å². The second kappa shape index (κ2) is 38.9. The Balaban J connectivity index is 4.31. The van der Waals surface area contributed by atoms with Crippen LogP contribution in [0.2, 0.25) is 0 Å². The molecule has 0 saturated heterocycles. The third-order valence-corrected chi connectivity index (χ3v) is 9.52. The molecule has 312 valence electrons. The smallest absolute Gasteiger partial charge is 0.462 e. The van der Waals surface area contributed by atoms with E-state index in [4.69, 9.17) is 24.3 Å². The van der Waals surface area contributed by atoms with Crippen LogP contribution in [0.5, 0.6) is 0 Å². The summed E-state index contributed by atoms with van der Waals surface area (Å²) in [7, 11) is -4.40. The van der Waals surface area contributed by atoms with E-state index in [0.717, 1.165) is 64.2 Å². The van der Waals surface area contributed by atoms with Crippen molar-refractivity contribution in [1.29, 1.82) is 0 Å². The maximum atomic E-state index is 12.5. The lowest BCUT2D eigenvalue weighted by Crippen LogP contribution is -2.29. The minimum atomic E-state index is -4.40. The average molecular weight is 782 g/mol. The lowest BCUT2D eigenvalue weighted by molar-refractivity contribution is -0.161. The Morgan fingerprint density at radius 1 is 0.630 bits per heavy atom. The van der Waals surface area contributed by atoms with Crippen LogP contribution >= 0.6 is 7.82 Å². The lowest BCUT2D eigenvalue weighted by Gasteiger charge is -2.19. The molecule has 0 rings (SSSR count). The summed E-state index contributed by atoms with van der Waals surface area (Å²) in [6.45, 7) is 3.34. The molecule has 4 N–H and O–H groups in total. The fourth-order valence-electron chi connectivity index (χ4n) is 5.25. The van der Waals surface area contributed by atoms with Crippen LogP contribution in [0.1, 0.15) is 162 Å². The van der Waals surface area contributed by atoms with Crippen molar-refractivity contribution in [3.63, 3.8) is 0 Å². The molecule has 0 bridgehead atoms. The minimum absolute atomic E-state index is 0.0360. The van der Waals surface area contributed by atoms with Crippen LogP contribution in [0, 0.1) is 0 Å². The van der Waals surface area contributed by atoms with Crippen LogP contribution in [-0.2, 0) is 32.7 Å². The van der Waals surface area contributed by atoms with E-state index in [0.29, 0.717) is 19.3 Å². The van der Waals surface area contributed by atoms with E-state index in [1.165, 1.54) is 51.4 Å². The number of aliphatic hydroxyl groups excluding tert-OH is 1. The maximum absolute atomic E-state index is 12.5. The number of hydrogen-bond donors (Lipinski definition) is 3. The standard InChI is InChI=1S/C43H76NO9P/c1-3-5-6-7-8-9-10-11-12-16-19-22-25-28-31-34-42(46)50-38-41(39-52-54(48,49)51-37-36-44)53-43(47)35-32-29-26-23-20-17-14-13-15-18-21-24-27-30-33-40(45)4-2/h9-10,14-15,17-18,23-24,26-27,40-41,45H,3-8,11-13,16,19-22,25,28-39,44H2,1-2H3,(H,48,49)/b10-9-,17-14-,18-15-,26-23-,27-24-/t40-,41-/m1/s1. The molecular formula is C43H76NO9P. The molecule has 11 heteroatoms. The predicted octanol–water partition coefficient (Wildman–Crippen LogP) is 10.7. The molecule has 0 aliphatic heterocycles. The first kappa shape index (κ1) is 51.7. The van der Waals surface area contributed by atoms with Gasteiger partial charge < -0.3 is 25.2 Å². The number of nitrogens with two attached hydrogens (primary N) is 1. The molecule has 0 saturated carbocycles. The second-order valence-corrected chi connectivity index (χ2v) is 15.1. The van der Waals surface area contributed by atoms with Crippen LogP contribution in [-0.4, -0.2) is 60.5 Å². The lowest BCUT2D eigenvalue weighted by atomic mass is 10.1. The zero-order chi connectivity index (χ0) is 39.8. The molecule has 0 aliphatic carbocycles. The number of phosphoric acid groups is 1. The Kier molecular flexibility index (Phi) is 37.2. The molecule has 0 aromatic rings. The van der Waals surface area contributed by atoms with Crippen LogP contribution in [0.25, 0.3) is 0 Å². The van der Waals surface area contributed by atoms with Gasteiger partial charge in [-0.3, -0.25) is 18.6 Å². The molecule has 3 atom stereocenters. The van der Waals surface area contributed by atoms with Gasteiger partial charge in [0.15, 0.2) is 6.10 Å². The number of unbranched alkanes of at least 4 members (excludes halogenated alkanes) is 12. The zero-order valence-electron chi connectivity index (χ0n) is 33.8. The SMILES string of the molecule is CCCCCC/C=C\CCCCCCCCCC(=O)OC[C@H](COP(=O)(O)OCCN)OC(=O)CCC/C=C\C/C=C\C/C=C\C/C=C\CC[C@H](O)CC. The molecule has 1 unspecified atom stereocenters. The summed E-state index contributed by atoms with van der Waals surface area (Å²) in [5.41, 5.74) is 5.33. The number of aliphatic hydroxyl groups is 1. The summed E-state index contributed by atoms with van der Waals surface area (Å²) in [5, 5.41) is 9.55. The molecule has 0 radical (unpaired) electrons. The molecule has 0 spiro atoms. The molecule has 0 aromatic carbocycles. The fourth-order valence-corrected chi connectivity index (χ4v) is 6.01. The molecule has 0 fully saturated rings. The van der Waals surface area contributed by atoms with Gasteiger partial charge in [0.05, 0.1) is 19.3 Å². The topological polar surface area (TPSA) is 155 Å². The summed E-state index contributed by atoms with van der Waals surface area (Å²) in [5.74, 6) is -0.922. The van der Waals surface area contributed by atoms with Crippen molar-refractivity contribution in [3.8, 4) is 0 Å². The number of carbonyl (C=O) groups is 2. The number of esters is 2. The fraction of sp³-hybridized carbons (Fsp3) is 0.721. The first-order valence-electron chi connectivity index (χ1n) is 20.8. The van der Waals surface area contributed by atoms with Crippen LogP contribution in [0.4, 0.5) is 0 Å². The van der Waals surface area contributed by atoms with Gasteiger partial charge in [0, 0.05) is 19.4 Å². The van der Waals surface area contributed by atoms with Gasteiger partial charge in [-0.15, -0.1) is 0 Å². The van der Waals surface area contributed by atoms with E-state index < -0.39 is 32.5 Å². The van der Waals surface area contributed by atoms with E-state index in [1.54, 1.807) is 0 Å². The minimum Gasteiger partial charge on any atom is -0.462 e. The van der Waals surface area contributed by atoms with Crippen molar-refractivity contribution in [2.24, 2.45) is 5.73 Å². The van der Waals surface area contributed by atoms with Crippen LogP contribution in [0.3, 0.4) is 0 Å². The Hall–Kier alpha value is -2.33. The van der Waals surface area contributed by atoms with Gasteiger partial charge in [-0.2, -0.15) is 0 Å². The van der Waals surface area contributed by atoms with Gasteiger partial charge in [-0.05, 0) is 83.5 Å². The van der Waals surface area contributed by atoms with Crippen molar-refractivity contribution < 1.29 is 42.7 Å². The highest BCUT2D eigenvalue weighted by Gasteiger charge is 2.25. The largest absolute Gasteiger partial charge is 0.472 e. The Bertz CT molecular complexity index is 1090. The number of ether oxygens (including phenoxy) is 2. The highest BCUT2D eigenvalue weighted by molar-refractivity contribution is 7.47.